The van der Waals surface area contributed by atoms with Crippen LogP contribution in [0.2, 0.25) is 5.02 Å². The van der Waals surface area contributed by atoms with E-state index in [9.17, 15) is 13.2 Å². The molecule has 2 aromatic rings. The first-order valence-electron chi connectivity index (χ1n) is 6.90. The zero-order valence-corrected chi connectivity index (χ0v) is 14.3. The van der Waals surface area contributed by atoms with Crippen LogP contribution < -0.4 is 10.0 Å². The van der Waals surface area contributed by atoms with Crippen molar-refractivity contribution in [2.75, 3.05) is 11.9 Å². The minimum absolute atomic E-state index is 0.0181. The number of sulfonamides is 1. The summed E-state index contributed by atoms with van der Waals surface area (Å²) >= 11 is 5.78. The van der Waals surface area contributed by atoms with Crippen molar-refractivity contribution < 1.29 is 13.2 Å². The Morgan fingerprint density at radius 3 is 2.57 bits per heavy atom. The molecule has 23 heavy (non-hydrogen) atoms. The molecule has 2 aromatic carbocycles. The minimum atomic E-state index is -3.78. The maximum Gasteiger partial charge on any atom is 0.241 e. The molecule has 0 heterocycles. The topological polar surface area (TPSA) is 75.3 Å². The van der Waals surface area contributed by atoms with Crippen LogP contribution >= 0.6 is 11.6 Å². The maximum absolute atomic E-state index is 12.1. The van der Waals surface area contributed by atoms with Gasteiger partial charge >= 0.3 is 0 Å². The monoisotopic (exact) mass is 352 g/mol. The molecule has 0 unspecified atom stereocenters. The van der Waals surface area contributed by atoms with Crippen molar-refractivity contribution in [3.05, 3.63) is 58.6 Å². The maximum atomic E-state index is 12.1. The fourth-order valence-electron chi connectivity index (χ4n) is 1.94. The number of benzene rings is 2. The highest BCUT2D eigenvalue weighted by Gasteiger charge is 2.16. The Bertz CT molecular complexity index is 835. The van der Waals surface area contributed by atoms with E-state index in [1.165, 1.54) is 18.2 Å². The molecule has 0 aliphatic rings. The van der Waals surface area contributed by atoms with Gasteiger partial charge in [0.2, 0.25) is 15.9 Å². The summed E-state index contributed by atoms with van der Waals surface area (Å²) in [5, 5.41) is 3.01. The molecular weight excluding hydrogens is 336 g/mol. The molecule has 0 radical (unpaired) electrons. The Balaban J connectivity index is 2.02. The lowest BCUT2D eigenvalue weighted by Crippen LogP contribution is -2.33. The van der Waals surface area contributed by atoms with Crippen LogP contribution in [0.4, 0.5) is 5.69 Å². The van der Waals surface area contributed by atoms with Crippen molar-refractivity contribution in [1.29, 1.82) is 0 Å². The van der Waals surface area contributed by atoms with E-state index in [4.69, 9.17) is 11.6 Å². The lowest BCUT2D eigenvalue weighted by Gasteiger charge is -2.10. The highest BCUT2D eigenvalue weighted by molar-refractivity contribution is 7.89. The summed E-state index contributed by atoms with van der Waals surface area (Å²) in [6.07, 6.45) is 0. The van der Waals surface area contributed by atoms with Crippen LogP contribution in [-0.4, -0.2) is 20.9 Å². The number of anilines is 1. The first-order chi connectivity index (χ1) is 10.8. The fourth-order valence-corrected chi connectivity index (χ4v) is 3.23. The van der Waals surface area contributed by atoms with E-state index in [0.717, 1.165) is 11.1 Å². The van der Waals surface area contributed by atoms with E-state index in [1.807, 2.05) is 32.0 Å². The van der Waals surface area contributed by atoms with Gasteiger partial charge in [0.1, 0.15) is 0 Å². The van der Waals surface area contributed by atoms with E-state index >= 15 is 0 Å². The molecule has 122 valence electrons. The van der Waals surface area contributed by atoms with Crippen LogP contribution in [0.15, 0.2) is 47.4 Å². The van der Waals surface area contributed by atoms with E-state index in [2.05, 4.69) is 10.0 Å². The van der Waals surface area contributed by atoms with Gasteiger partial charge in [0, 0.05) is 10.7 Å². The van der Waals surface area contributed by atoms with Gasteiger partial charge in [-0.3, -0.25) is 4.79 Å². The van der Waals surface area contributed by atoms with Crippen LogP contribution in [0, 0.1) is 13.8 Å². The zero-order chi connectivity index (χ0) is 17.0. The van der Waals surface area contributed by atoms with Crippen LogP contribution in [0.1, 0.15) is 11.1 Å². The average Bonchev–Trinajstić information content (AvgIpc) is 2.49. The van der Waals surface area contributed by atoms with Crippen molar-refractivity contribution in [2.45, 2.75) is 18.7 Å². The van der Waals surface area contributed by atoms with Gasteiger partial charge in [0.05, 0.1) is 11.4 Å². The predicted molar refractivity (Wildman–Crippen MR) is 91.2 cm³/mol. The molecule has 2 rings (SSSR count). The molecule has 0 saturated carbocycles. The molecule has 0 saturated heterocycles. The van der Waals surface area contributed by atoms with Gasteiger partial charge in [0.15, 0.2) is 0 Å². The van der Waals surface area contributed by atoms with E-state index in [0.29, 0.717) is 10.7 Å². The van der Waals surface area contributed by atoms with Crippen LogP contribution in [-0.2, 0) is 14.8 Å². The molecule has 0 spiro atoms. The molecule has 1 amide bonds. The lowest BCUT2D eigenvalue weighted by molar-refractivity contribution is -0.115. The van der Waals surface area contributed by atoms with E-state index < -0.39 is 15.9 Å². The summed E-state index contributed by atoms with van der Waals surface area (Å²) in [7, 11) is -3.78. The molecule has 0 atom stereocenters. The summed E-state index contributed by atoms with van der Waals surface area (Å²) in [4.78, 5) is 12.0. The van der Waals surface area contributed by atoms with Crippen molar-refractivity contribution in [1.82, 2.24) is 4.72 Å². The van der Waals surface area contributed by atoms with Crippen molar-refractivity contribution >= 4 is 33.2 Å². The number of carbonyl (C=O) groups is 1. The second-order valence-corrected chi connectivity index (χ2v) is 7.35. The number of carbonyl (C=O) groups excluding carboxylic acids is 1. The molecule has 7 heteroatoms. The Labute approximate surface area is 140 Å². The summed E-state index contributed by atoms with van der Waals surface area (Å²) in [5.74, 6) is -0.440. The normalized spacial score (nSPS) is 11.3. The third-order valence-corrected chi connectivity index (χ3v) is 4.83. The van der Waals surface area contributed by atoms with E-state index in [1.54, 1.807) is 6.07 Å². The highest BCUT2D eigenvalue weighted by atomic mass is 35.5. The van der Waals surface area contributed by atoms with Crippen LogP contribution in [0.25, 0.3) is 0 Å². The largest absolute Gasteiger partial charge is 0.325 e. The van der Waals surface area contributed by atoms with Crippen molar-refractivity contribution in [3.63, 3.8) is 0 Å². The quantitative estimate of drug-likeness (QED) is 0.868. The first-order valence-corrected chi connectivity index (χ1v) is 8.76. The number of aryl methyl sites for hydroxylation is 2. The van der Waals surface area contributed by atoms with Gasteiger partial charge in [0.25, 0.3) is 0 Å². The number of hydrogen-bond donors (Lipinski definition) is 2. The number of hydrogen-bond acceptors (Lipinski definition) is 3. The second-order valence-electron chi connectivity index (χ2n) is 5.15. The molecule has 5 nitrogen and oxygen atoms in total. The molecule has 0 bridgehead atoms. The fraction of sp³-hybridized carbons (Fsp3) is 0.188. The second kappa shape index (κ2) is 7.12. The summed E-state index contributed by atoms with van der Waals surface area (Å²) < 4.78 is 26.5. The number of nitrogens with one attached hydrogen (secondary N) is 2. The van der Waals surface area contributed by atoms with Crippen LogP contribution in [0.3, 0.4) is 0 Å². The predicted octanol–water partition coefficient (Wildman–Crippen LogP) is 2.87. The smallest absolute Gasteiger partial charge is 0.241 e. The molecule has 2 N–H and O–H groups in total. The van der Waals surface area contributed by atoms with Crippen molar-refractivity contribution in [3.8, 4) is 0 Å². The third kappa shape index (κ3) is 4.79. The van der Waals surface area contributed by atoms with Gasteiger partial charge in [-0.25, -0.2) is 13.1 Å². The van der Waals surface area contributed by atoms with Gasteiger partial charge in [-0.2, -0.15) is 0 Å². The summed E-state index contributed by atoms with van der Waals surface area (Å²) in [6, 6.07) is 11.5. The Morgan fingerprint density at radius 1 is 1.13 bits per heavy atom. The van der Waals surface area contributed by atoms with E-state index in [-0.39, 0.29) is 11.4 Å². The van der Waals surface area contributed by atoms with Gasteiger partial charge in [-0.05, 0) is 49.2 Å². The Kier molecular flexibility index (Phi) is 5.41. The lowest BCUT2D eigenvalue weighted by atomic mass is 10.1. The Morgan fingerprint density at radius 2 is 1.87 bits per heavy atom. The average molecular weight is 353 g/mol. The third-order valence-electron chi connectivity index (χ3n) is 3.20. The molecule has 0 aromatic heterocycles. The molecular formula is C16H17ClN2O3S. The first kappa shape index (κ1) is 17.5. The number of halogens is 1. The number of rotatable bonds is 5. The van der Waals surface area contributed by atoms with Gasteiger partial charge in [-0.15, -0.1) is 0 Å². The SMILES string of the molecule is Cc1ccc(C)c(NC(=O)CNS(=O)(=O)c2cccc(Cl)c2)c1. The van der Waals surface area contributed by atoms with Gasteiger partial charge < -0.3 is 5.32 Å². The molecule has 0 aliphatic heterocycles. The minimum Gasteiger partial charge on any atom is -0.325 e. The standard InChI is InChI=1S/C16H17ClN2O3S/c1-11-6-7-12(2)15(8-11)19-16(20)10-18-23(21,22)14-5-3-4-13(17)9-14/h3-9,18H,10H2,1-2H3,(H,19,20). The highest BCUT2D eigenvalue weighted by Crippen LogP contribution is 2.17. The Hall–Kier alpha value is -1.89. The summed E-state index contributed by atoms with van der Waals surface area (Å²) in [5.41, 5.74) is 2.57. The van der Waals surface area contributed by atoms with Gasteiger partial charge in [-0.1, -0.05) is 29.8 Å². The zero-order valence-electron chi connectivity index (χ0n) is 12.8. The van der Waals surface area contributed by atoms with Crippen molar-refractivity contribution in [2.24, 2.45) is 0 Å². The number of amides is 1. The molecule has 0 aliphatic carbocycles. The summed E-state index contributed by atoms with van der Waals surface area (Å²) in [6.45, 7) is 3.42. The molecule has 0 fully saturated rings. The van der Waals surface area contributed by atoms with Crippen LogP contribution in [0.5, 0.6) is 0 Å².